The lowest BCUT2D eigenvalue weighted by Gasteiger charge is -2.29. The smallest absolute Gasteiger partial charge is 0.255 e. The number of nitrogens with one attached hydrogen (secondary N) is 2. The molecule has 0 saturated carbocycles. The highest BCUT2D eigenvalue weighted by Gasteiger charge is 2.39. The number of nitrogens with zero attached hydrogens (tertiary/aromatic N) is 1. The van der Waals surface area contributed by atoms with Crippen LogP contribution in [0.4, 0.5) is 0 Å². The molecule has 7 nitrogen and oxygen atoms in total. The molecule has 2 atom stereocenters. The van der Waals surface area contributed by atoms with Gasteiger partial charge >= 0.3 is 0 Å². The van der Waals surface area contributed by atoms with Crippen LogP contribution in [0.15, 0.2) is 36.4 Å². The van der Waals surface area contributed by atoms with Crippen LogP contribution in [-0.4, -0.2) is 28.7 Å². The molecule has 0 radical (unpaired) electrons. The zero-order valence-electron chi connectivity index (χ0n) is 17.3. The minimum Gasteiger partial charge on any atom is -0.326 e. The van der Waals surface area contributed by atoms with E-state index in [0.717, 1.165) is 29.5 Å². The lowest BCUT2D eigenvalue weighted by Crippen LogP contribution is -2.52. The fourth-order valence-corrected chi connectivity index (χ4v) is 5.06. The summed E-state index contributed by atoms with van der Waals surface area (Å²) >= 11 is 0. The maximum absolute atomic E-state index is 13.0. The Labute approximate surface area is 181 Å². The first-order chi connectivity index (χ1) is 15.0. The number of carbonyl (C=O) groups excluding carboxylic acids is 3. The largest absolute Gasteiger partial charge is 0.326 e. The van der Waals surface area contributed by atoms with Crippen LogP contribution in [0.3, 0.4) is 0 Å². The van der Waals surface area contributed by atoms with Crippen molar-refractivity contribution >= 4 is 17.7 Å². The second-order valence-corrected chi connectivity index (χ2v) is 8.55. The fraction of sp³-hybridized carbons (Fsp3) is 0.375. The first kappa shape index (κ1) is 19.9. The number of hydrogen-bond donors (Lipinski definition) is 3. The fourth-order valence-electron chi connectivity index (χ4n) is 5.06. The van der Waals surface area contributed by atoms with Gasteiger partial charge < -0.3 is 16.0 Å². The quantitative estimate of drug-likeness (QED) is 0.641. The molecule has 0 bridgehead atoms. The summed E-state index contributed by atoms with van der Waals surface area (Å²) in [6, 6.07) is 11.9. The lowest BCUT2D eigenvalue weighted by atomic mass is 10.0. The maximum atomic E-state index is 13.0. The van der Waals surface area contributed by atoms with Crippen LogP contribution in [0.25, 0.3) is 0 Å². The van der Waals surface area contributed by atoms with E-state index in [0.29, 0.717) is 31.6 Å². The number of benzene rings is 2. The molecule has 2 unspecified atom stereocenters. The average molecular weight is 418 g/mol. The molecular formula is C24H26N4O3. The van der Waals surface area contributed by atoms with Gasteiger partial charge in [0.2, 0.25) is 11.8 Å². The highest BCUT2D eigenvalue weighted by Crippen LogP contribution is 2.33. The van der Waals surface area contributed by atoms with Gasteiger partial charge in [0.25, 0.3) is 5.91 Å². The Morgan fingerprint density at radius 3 is 2.77 bits per heavy atom. The minimum atomic E-state index is -0.586. The molecule has 0 spiro atoms. The van der Waals surface area contributed by atoms with Gasteiger partial charge in [-0.1, -0.05) is 30.3 Å². The van der Waals surface area contributed by atoms with Crippen LogP contribution in [0.2, 0.25) is 0 Å². The highest BCUT2D eigenvalue weighted by atomic mass is 16.2. The van der Waals surface area contributed by atoms with E-state index in [-0.39, 0.29) is 30.2 Å². The number of fused-ring (bicyclic) bond motifs is 2. The van der Waals surface area contributed by atoms with E-state index in [1.807, 2.05) is 18.2 Å². The molecule has 3 amide bonds. The first-order valence-corrected chi connectivity index (χ1v) is 10.9. The molecule has 2 heterocycles. The van der Waals surface area contributed by atoms with Gasteiger partial charge in [-0.2, -0.15) is 0 Å². The van der Waals surface area contributed by atoms with Crippen molar-refractivity contribution in [3.63, 3.8) is 0 Å². The van der Waals surface area contributed by atoms with Gasteiger partial charge in [0.15, 0.2) is 0 Å². The van der Waals surface area contributed by atoms with Crippen LogP contribution < -0.4 is 16.4 Å². The number of rotatable bonds is 5. The van der Waals surface area contributed by atoms with Gasteiger partial charge in [-0.15, -0.1) is 0 Å². The van der Waals surface area contributed by atoms with Crippen molar-refractivity contribution in [2.75, 3.05) is 0 Å². The van der Waals surface area contributed by atoms with Gasteiger partial charge in [-0.05, 0) is 53.1 Å². The van der Waals surface area contributed by atoms with Crippen LogP contribution in [0, 0.1) is 0 Å². The van der Waals surface area contributed by atoms with E-state index in [1.165, 1.54) is 11.1 Å². The molecule has 0 aromatic heterocycles. The molecule has 3 aliphatic rings. The highest BCUT2D eigenvalue weighted by molar-refractivity contribution is 6.05. The van der Waals surface area contributed by atoms with Gasteiger partial charge in [0, 0.05) is 37.7 Å². The summed E-state index contributed by atoms with van der Waals surface area (Å²) < 4.78 is 0. The Kier molecular flexibility index (Phi) is 5.08. The molecule has 160 valence electrons. The Morgan fingerprint density at radius 2 is 1.97 bits per heavy atom. The third-order valence-corrected chi connectivity index (χ3v) is 6.74. The van der Waals surface area contributed by atoms with Crippen molar-refractivity contribution < 1.29 is 14.4 Å². The summed E-state index contributed by atoms with van der Waals surface area (Å²) in [5.74, 6) is -0.783. The lowest BCUT2D eigenvalue weighted by molar-refractivity contribution is -0.136. The van der Waals surface area contributed by atoms with Crippen LogP contribution >= 0.6 is 0 Å². The van der Waals surface area contributed by atoms with Crippen LogP contribution in [0.1, 0.15) is 63.5 Å². The molecule has 5 rings (SSSR count). The second kappa shape index (κ2) is 7.90. The van der Waals surface area contributed by atoms with E-state index >= 15 is 0 Å². The van der Waals surface area contributed by atoms with Crippen molar-refractivity contribution in [2.24, 2.45) is 5.73 Å². The Morgan fingerprint density at radius 1 is 1.10 bits per heavy atom. The molecule has 7 heteroatoms. The minimum absolute atomic E-state index is 0.133. The summed E-state index contributed by atoms with van der Waals surface area (Å²) in [4.78, 5) is 38.4. The van der Waals surface area contributed by atoms with Crippen molar-refractivity contribution in [1.29, 1.82) is 0 Å². The second-order valence-electron chi connectivity index (χ2n) is 8.55. The third-order valence-electron chi connectivity index (χ3n) is 6.74. The molecular weight excluding hydrogens is 392 g/mol. The number of hydrogen-bond acceptors (Lipinski definition) is 5. The van der Waals surface area contributed by atoms with Gasteiger partial charge in [-0.3, -0.25) is 19.7 Å². The first-order valence-electron chi connectivity index (χ1n) is 10.9. The summed E-state index contributed by atoms with van der Waals surface area (Å²) in [5.41, 5.74) is 12.3. The molecule has 31 heavy (non-hydrogen) atoms. The normalized spacial score (nSPS) is 22.5. The SMILES string of the molecule is NCc1ccc2c(c1)CCC2NCc1cccc2c1CN(C1CCC(=O)NC1=O)C2=O. The summed E-state index contributed by atoms with van der Waals surface area (Å²) in [7, 11) is 0. The Bertz CT molecular complexity index is 1080. The molecule has 1 fully saturated rings. The molecule has 2 aliphatic heterocycles. The average Bonchev–Trinajstić information content (AvgIpc) is 3.33. The number of nitrogens with two attached hydrogens (primary N) is 1. The zero-order chi connectivity index (χ0) is 21.5. The summed E-state index contributed by atoms with van der Waals surface area (Å²) in [5, 5.41) is 6.02. The maximum Gasteiger partial charge on any atom is 0.255 e. The summed E-state index contributed by atoms with van der Waals surface area (Å²) in [6.45, 7) is 1.61. The van der Waals surface area contributed by atoms with Gasteiger partial charge in [0.05, 0.1) is 0 Å². The van der Waals surface area contributed by atoms with Crippen LogP contribution in [0.5, 0.6) is 0 Å². The number of aryl methyl sites for hydroxylation is 1. The van der Waals surface area contributed by atoms with E-state index in [2.05, 4.69) is 28.8 Å². The van der Waals surface area contributed by atoms with E-state index < -0.39 is 6.04 Å². The Hall–Kier alpha value is -3.03. The monoisotopic (exact) mass is 418 g/mol. The van der Waals surface area contributed by atoms with Gasteiger partial charge in [0.1, 0.15) is 6.04 Å². The topological polar surface area (TPSA) is 105 Å². The molecule has 1 saturated heterocycles. The van der Waals surface area contributed by atoms with E-state index in [1.54, 1.807) is 4.90 Å². The van der Waals surface area contributed by atoms with Crippen molar-refractivity contribution in [1.82, 2.24) is 15.5 Å². The summed E-state index contributed by atoms with van der Waals surface area (Å²) in [6.07, 6.45) is 2.72. The van der Waals surface area contributed by atoms with E-state index in [9.17, 15) is 14.4 Å². The molecule has 1 aliphatic carbocycles. The van der Waals surface area contributed by atoms with Crippen molar-refractivity contribution in [2.45, 2.75) is 57.4 Å². The number of imide groups is 1. The predicted octanol–water partition coefficient (Wildman–Crippen LogP) is 1.68. The number of piperidine rings is 1. The zero-order valence-corrected chi connectivity index (χ0v) is 17.3. The number of carbonyl (C=O) groups is 3. The molecule has 2 aromatic carbocycles. The predicted molar refractivity (Wildman–Crippen MR) is 115 cm³/mol. The van der Waals surface area contributed by atoms with Crippen LogP contribution in [-0.2, 0) is 35.6 Å². The molecule has 4 N–H and O–H groups in total. The third kappa shape index (κ3) is 3.54. The number of amides is 3. The van der Waals surface area contributed by atoms with Crippen molar-refractivity contribution in [3.05, 3.63) is 69.8 Å². The molecule has 2 aromatic rings. The standard InChI is InChI=1S/C24H26N4O3/c25-11-14-4-6-17-15(10-14)5-7-20(17)26-12-16-2-1-3-18-19(16)13-28(24(18)31)21-8-9-22(29)27-23(21)30/h1-4,6,10,20-21,26H,5,7-9,11-13,25H2,(H,27,29,30). The van der Waals surface area contributed by atoms with E-state index in [4.69, 9.17) is 5.73 Å². The van der Waals surface area contributed by atoms with Gasteiger partial charge in [-0.25, -0.2) is 0 Å². The Balaban J connectivity index is 1.32. The van der Waals surface area contributed by atoms with Crippen molar-refractivity contribution in [3.8, 4) is 0 Å².